The number of alkyl halides is 2. The molecule has 0 aromatic carbocycles. The number of carbonyl (C=O) groups excluding carboxylic acids is 2. The molecule has 0 radical (unpaired) electrons. The predicted molar refractivity (Wildman–Crippen MR) is 99.8 cm³/mol. The van der Waals surface area contributed by atoms with E-state index in [4.69, 9.17) is 10.5 Å². The van der Waals surface area contributed by atoms with Gasteiger partial charge in [0.1, 0.15) is 6.04 Å². The average molecular weight is 409 g/mol. The summed E-state index contributed by atoms with van der Waals surface area (Å²) in [6.45, 7) is 3.76. The standard InChI is InChI=1S/C19H25F2N5O3/c1-18(2)5-13(14(22)27)26(8-18)17(28)12-6-23-15(25-9-19(20,21)10-25)16(24-12)29-7-11-3-4-11/h6,11,13H,3-5,7-10H2,1-2H3,(H2,22,27). The van der Waals surface area contributed by atoms with Crippen LogP contribution in [0.25, 0.3) is 0 Å². The smallest absolute Gasteiger partial charge is 0.282 e. The molecule has 1 atom stereocenters. The average Bonchev–Trinajstić information content (AvgIpc) is 3.38. The molecule has 3 aliphatic rings. The van der Waals surface area contributed by atoms with Gasteiger partial charge in [0.05, 0.1) is 25.9 Å². The normalized spacial score (nSPS) is 24.9. The zero-order valence-electron chi connectivity index (χ0n) is 16.5. The number of amides is 2. The molecule has 2 aliphatic heterocycles. The lowest BCUT2D eigenvalue weighted by Crippen LogP contribution is -2.56. The van der Waals surface area contributed by atoms with Gasteiger partial charge in [-0.3, -0.25) is 9.59 Å². The van der Waals surface area contributed by atoms with E-state index in [1.165, 1.54) is 16.0 Å². The number of hydrogen-bond acceptors (Lipinski definition) is 6. The second kappa shape index (κ2) is 6.77. The number of carbonyl (C=O) groups is 2. The van der Waals surface area contributed by atoms with Gasteiger partial charge in [-0.15, -0.1) is 0 Å². The van der Waals surface area contributed by atoms with Crippen LogP contribution in [0.15, 0.2) is 6.20 Å². The molecule has 158 valence electrons. The van der Waals surface area contributed by atoms with Crippen LogP contribution in [0.1, 0.15) is 43.6 Å². The van der Waals surface area contributed by atoms with Crippen LogP contribution in [-0.2, 0) is 4.79 Å². The van der Waals surface area contributed by atoms with Crippen LogP contribution < -0.4 is 15.4 Å². The van der Waals surface area contributed by atoms with Crippen molar-refractivity contribution in [2.24, 2.45) is 17.1 Å². The number of ether oxygens (including phenoxy) is 1. The van der Waals surface area contributed by atoms with Gasteiger partial charge in [-0.1, -0.05) is 13.8 Å². The fourth-order valence-corrected chi connectivity index (χ4v) is 3.81. The Kier molecular flexibility index (Phi) is 4.62. The SMILES string of the molecule is CC1(C)CC(C(N)=O)N(C(=O)c2cnc(N3CC(F)(F)C3)c(OCC3CC3)n2)C1. The molecule has 8 nitrogen and oxygen atoms in total. The molecule has 1 aromatic rings. The highest BCUT2D eigenvalue weighted by molar-refractivity contribution is 5.96. The number of likely N-dealkylation sites (tertiary alicyclic amines) is 1. The number of rotatable bonds is 6. The molecule has 1 aromatic heterocycles. The minimum Gasteiger partial charge on any atom is -0.475 e. The molecule has 1 unspecified atom stereocenters. The number of nitrogens with two attached hydrogens (primary N) is 1. The van der Waals surface area contributed by atoms with Crippen LogP contribution in [0.4, 0.5) is 14.6 Å². The molecular formula is C19H25F2N5O3. The fourth-order valence-electron chi connectivity index (χ4n) is 3.81. The van der Waals surface area contributed by atoms with Crippen molar-refractivity contribution in [2.75, 3.05) is 31.1 Å². The Bertz CT molecular complexity index is 835. The zero-order valence-corrected chi connectivity index (χ0v) is 16.5. The van der Waals surface area contributed by atoms with Gasteiger partial charge < -0.3 is 20.3 Å². The molecule has 2 N–H and O–H groups in total. The number of anilines is 1. The van der Waals surface area contributed by atoms with Crippen molar-refractivity contribution in [1.82, 2.24) is 14.9 Å². The first-order valence-corrected chi connectivity index (χ1v) is 9.78. The lowest BCUT2D eigenvalue weighted by atomic mass is 9.90. The van der Waals surface area contributed by atoms with E-state index in [1.807, 2.05) is 13.8 Å². The third-order valence-electron chi connectivity index (χ3n) is 5.55. The fraction of sp³-hybridized carbons (Fsp3) is 0.684. The van der Waals surface area contributed by atoms with E-state index >= 15 is 0 Å². The maximum Gasteiger partial charge on any atom is 0.282 e. The summed E-state index contributed by atoms with van der Waals surface area (Å²) in [7, 11) is 0. The summed E-state index contributed by atoms with van der Waals surface area (Å²) in [4.78, 5) is 36.2. The Morgan fingerprint density at radius 1 is 1.28 bits per heavy atom. The van der Waals surface area contributed by atoms with Crippen molar-refractivity contribution in [3.8, 4) is 5.88 Å². The first-order chi connectivity index (χ1) is 13.5. The third-order valence-corrected chi connectivity index (χ3v) is 5.55. The van der Waals surface area contributed by atoms with Crippen LogP contribution in [-0.4, -0.2) is 64.9 Å². The Labute approximate surface area is 167 Å². The maximum absolute atomic E-state index is 13.3. The maximum atomic E-state index is 13.3. The van der Waals surface area contributed by atoms with Crippen LogP contribution in [0.5, 0.6) is 5.88 Å². The molecule has 1 saturated carbocycles. The summed E-state index contributed by atoms with van der Waals surface area (Å²) < 4.78 is 32.3. The highest BCUT2D eigenvalue weighted by Crippen LogP contribution is 2.38. The first-order valence-electron chi connectivity index (χ1n) is 9.78. The van der Waals surface area contributed by atoms with E-state index in [9.17, 15) is 18.4 Å². The summed E-state index contributed by atoms with van der Waals surface area (Å²) in [6.07, 6.45) is 3.81. The lowest BCUT2D eigenvalue weighted by molar-refractivity contribution is -0.121. The molecule has 29 heavy (non-hydrogen) atoms. The van der Waals surface area contributed by atoms with Gasteiger partial charge in [0.2, 0.25) is 5.91 Å². The molecule has 3 fully saturated rings. The van der Waals surface area contributed by atoms with E-state index in [1.54, 1.807) is 0 Å². The van der Waals surface area contributed by atoms with Gasteiger partial charge in [0, 0.05) is 6.54 Å². The summed E-state index contributed by atoms with van der Waals surface area (Å²) in [5, 5.41) is 0. The molecule has 0 bridgehead atoms. The molecule has 10 heteroatoms. The lowest BCUT2D eigenvalue weighted by Gasteiger charge is -2.39. The summed E-state index contributed by atoms with van der Waals surface area (Å²) in [6, 6.07) is -0.719. The van der Waals surface area contributed by atoms with Gasteiger partial charge in [-0.25, -0.2) is 18.7 Å². The van der Waals surface area contributed by atoms with Crippen molar-refractivity contribution in [3.63, 3.8) is 0 Å². The number of primary amides is 1. The molecule has 3 heterocycles. The molecule has 2 saturated heterocycles. The van der Waals surface area contributed by atoms with Gasteiger partial charge in [0.15, 0.2) is 11.5 Å². The van der Waals surface area contributed by atoms with Crippen LogP contribution in [0.3, 0.4) is 0 Å². The largest absolute Gasteiger partial charge is 0.475 e. The molecule has 1 aliphatic carbocycles. The topological polar surface area (TPSA) is 102 Å². The minimum atomic E-state index is -2.76. The molecule has 4 rings (SSSR count). The number of aromatic nitrogens is 2. The van der Waals surface area contributed by atoms with Crippen molar-refractivity contribution in [2.45, 2.75) is 45.1 Å². The quantitative estimate of drug-likeness (QED) is 0.763. The third kappa shape index (κ3) is 4.11. The van der Waals surface area contributed by atoms with E-state index < -0.39 is 36.9 Å². The van der Waals surface area contributed by atoms with E-state index in [0.29, 0.717) is 25.5 Å². The predicted octanol–water partition coefficient (Wildman–Crippen LogP) is 1.45. The Balaban J connectivity index is 1.58. The minimum absolute atomic E-state index is 0.00998. The summed E-state index contributed by atoms with van der Waals surface area (Å²) in [5.74, 6) is -3.10. The number of halogens is 2. The van der Waals surface area contributed by atoms with Gasteiger partial charge in [0.25, 0.3) is 17.7 Å². The van der Waals surface area contributed by atoms with Crippen molar-refractivity contribution in [1.29, 1.82) is 0 Å². The summed E-state index contributed by atoms with van der Waals surface area (Å²) >= 11 is 0. The highest BCUT2D eigenvalue weighted by atomic mass is 19.3. The van der Waals surface area contributed by atoms with Gasteiger partial charge >= 0.3 is 0 Å². The second-order valence-electron chi connectivity index (χ2n) is 9.07. The Hall–Kier alpha value is -2.52. The van der Waals surface area contributed by atoms with Gasteiger partial charge in [-0.05, 0) is 30.6 Å². The monoisotopic (exact) mass is 409 g/mol. The van der Waals surface area contributed by atoms with Crippen molar-refractivity contribution < 1.29 is 23.1 Å². The van der Waals surface area contributed by atoms with Crippen molar-refractivity contribution in [3.05, 3.63) is 11.9 Å². The van der Waals surface area contributed by atoms with Crippen molar-refractivity contribution >= 4 is 17.6 Å². The van der Waals surface area contributed by atoms with Crippen LogP contribution in [0.2, 0.25) is 0 Å². The first kappa shape index (κ1) is 19.8. The number of nitrogens with zero attached hydrogens (tertiary/aromatic N) is 4. The molecule has 2 amide bonds. The highest BCUT2D eigenvalue weighted by Gasteiger charge is 2.47. The number of hydrogen-bond donors (Lipinski definition) is 1. The zero-order chi connectivity index (χ0) is 21.0. The Morgan fingerprint density at radius 2 is 1.97 bits per heavy atom. The Morgan fingerprint density at radius 3 is 2.55 bits per heavy atom. The summed E-state index contributed by atoms with van der Waals surface area (Å²) in [5.41, 5.74) is 5.24. The molecule has 0 spiro atoms. The van der Waals surface area contributed by atoms with E-state index in [-0.39, 0.29) is 22.8 Å². The van der Waals surface area contributed by atoms with Crippen LogP contribution >= 0.6 is 0 Å². The molecular weight excluding hydrogens is 384 g/mol. The van der Waals surface area contributed by atoms with Gasteiger partial charge in [-0.2, -0.15) is 0 Å². The van der Waals surface area contributed by atoms with Crippen LogP contribution in [0, 0.1) is 11.3 Å². The van der Waals surface area contributed by atoms with E-state index in [0.717, 1.165) is 12.8 Å². The van der Waals surface area contributed by atoms with E-state index in [2.05, 4.69) is 9.97 Å². The second-order valence-corrected chi connectivity index (χ2v) is 9.07.